The van der Waals surface area contributed by atoms with Crippen molar-refractivity contribution in [3.05, 3.63) is 0 Å². The van der Waals surface area contributed by atoms with Crippen LogP contribution in [0.4, 0.5) is 0 Å². The molecule has 1 aliphatic heterocycles. The predicted octanol–water partition coefficient (Wildman–Crippen LogP) is -2.22. The molecular formula is C31H58N8O10. The van der Waals surface area contributed by atoms with Gasteiger partial charge < -0.3 is 40.2 Å². The van der Waals surface area contributed by atoms with Crippen LogP contribution in [0.15, 0.2) is 0 Å². The Kier molecular flexibility index (Phi) is 24.0. The van der Waals surface area contributed by atoms with E-state index in [1.54, 1.807) is 4.90 Å². The van der Waals surface area contributed by atoms with Crippen molar-refractivity contribution in [3.8, 4) is 0 Å². The first-order valence-electron chi connectivity index (χ1n) is 16.6. The molecule has 18 heteroatoms. The Balaban J connectivity index is 0.00000738. The van der Waals surface area contributed by atoms with Crippen molar-refractivity contribution in [1.82, 2.24) is 39.6 Å². The zero-order valence-electron chi connectivity index (χ0n) is 29.8. The first kappa shape index (κ1) is 45.1. The van der Waals surface area contributed by atoms with E-state index in [1.165, 1.54) is 35.8 Å². The second kappa shape index (κ2) is 26.1. The fraction of sp³-hybridized carbons (Fsp3) is 0.774. The van der Waals surface area contributed by atoms with Crippen LogP contribution in [0.3, 0.4) is 0 Å². The van der Waals surface area contributed by atoms with Crippen molar-refractivity contribution in [2.45, 2.75) is 33.1 Å². The van der Waals surface area contributed by atoms with Gasteiger partial charge >= 0.3 is 11.9 Å². The molecule has 1 rings (SSSR count). The molecule has 0 unspecified atom stereocenters. The second-order valence-corrected chi connectivity index (χ2v) is 12.0. The number of hydrogen-bond acceptors (Lipinski definition) is 11. The molecule has 4 N–H and O–H groups in total. The van der Waals surface area contributed by atoms with E-state index in [1.807, 2.05) is 16.7 Å². The maximum absolute atomic E-state index is 13.2. The average molecular weight is 703 g/mol. The molecule has 0 spiro atoms. The van der Waals surface area contributed by atoms with Gasteiger partial charge in [-0.2, -0.15) is 0 Å². The zero-order chi connectivity index (χ0) is 37.4. The predicted molar refractivity (Wildman–Crippen MR) is 181 cm³/mol. The van der Waals surface area contributed by atoms with E-state index in [0.29, 0.717) is 58.9 Å². The summed E-state index contributed by atoms with van der Waals surface area (Å²) in [4.78, 5) is 93.4. The van der Waals surface area contributed by atoms with E-state index in [9.17, 15) is 39.0 Å². The van der Waals surface area contributed by atoms with E-state index in [4.69, 9.17) is 9.90 Å². The average Bonchev–Trinajstić information content (AvgIpc) is 3.02. The van der Waals surface area contributed by atoms with Gasteiger partial charge in [-0.3, -0.25) is 48.3 Å². The SMILES string of the molecule is CCCCCNC(=O)CN(C)C(=O)CN(C)C(=O)CN(C)C(=O)CN1CCN(CC)CCN(CC(=O)O)CCN(CC(=O)O)CC1.O=CO. The normalized spacial score (nSPS) is 15.4. The highest BCUT2D eigenvalue weighted by Crippen LogP contribution is 2.03. The van der Waals surface area contributed by atoms with Crippen LogP contribution in [0.25, 0.3) is 0 Å². The van der Waals surface area contributed by atoms with Gasteiger partial charge in [0.05, 0.1) is 39.3 Å². The topological polar surface area (TPSA) is 215 Å². The van der Waals surface area contributed by atoms with Crippen molar-refractivity contribution in [2.75, 3.05) is 126 Å². The summed E-state index contributed by atoms with van der Waals surface area (Å²) in [6, 6.07) is 0. The van der Waals surface area contributed by atoms with Crippen LogP contribution in [0.1, 0.15) is 33.1 Å². The number of likely N-dealkylation sites (N-methyl/N-ethyl adjacent to an activating group) is 4. The maximum Gasteiger partial charge on any atom is 0.317 e. The number of carbonyl (C=O) groups is 7. The number of hydrogen-bond donors (Lipinski definition) is 4. The number of amides is 4. The number of rotatable bonds is 17. The standard InChI is InChI=1S/C30H56N8O8.CH2O2/c1-6-8-9-10-31-25(39)19-32(3)26(40)20-33(4)27(41)21-34(5)28(42)22-36-13-11-35(7-2)12-14-37(23-29(43)44)17-18-38(16-15-36)24-30(45)46;2-1-3/h6-24H2,1-5H3,(H,31,39)(H,43,44)(H,45,46);1H,(H,2,3). The number of nitrogens with zero attached hydrogens (tertiary/aromatic N) is 7. The molecule has 1 fully saturated rings. The Morgan fingerprint density at radius 1 is 0.612 bits per heavy atom. The number of carboxylic acids is 2. The third-order valence-corrected chi connectivity index (χ3v) is 7.96. The van der Waals surface area contributed by atoms with Crippen molar-refractivity contribution in [3.63, 3.8) is 0 Å². The van der Waals surface area contributed by atoms with Gasteiger partial charge in [-0.05, 0) is 13.0 Å². The lowest BCUT2D eigenvalue weighted by Gasteiger charge is -2.33. The van der Waals surface area contributed by atoms with Crippen LogP contribution in [-0.2, 0) is 33.6 Å². The Bertz CT molecular complexity index is 1050. The molecule has 0 aliphatic carbocycles. The van der Waals surface area contributed by atoms with E-state index < -0.39 is 23.8 Å². The summed E-state index contributed by atoms with van der Waals surface area (Å²) in [5, 5.41) is 28.4. The third-order valence-electron chi connectivity index (χ3n) is 7.96. The van der Waals surface area contributed by atoms with Crippen LogP contribution < -0.4 is 5.32 Å². The van der Waals surface area contributed by atoms with Crippen molar-refractivity contribution < 1.29 is 48.9 Å². The molecule has 0 aromatic rings. The number of nitrogens with one attached hydrogen (secondary N) is 1. The van der Waals surface area contributed by atoms with Crippen molar-refractivity contribution in [2.24, 2.45) is 0 Å². The Morgan fingerprint density at radius 3 is 1.37 bits per heavy atom. The monoisotopic (exact) mass is 702 g/mol. The molecule has 1 saturated heterocycles. The van der Waals surface area contributed by atoms with Crippen LogP contribution in [0.5, 0.6) is 0 Å². The lowest BCUT2D eigenvalue weighted by atomic mass is 10.2. The minimum absolute atomic E-state index is 0.0200. The highest BCUT2D eigenvalue weighted by atomic mass is 16.4. The molecule has 18 nitrogen and oxygen atoms in total. The Morgan fingerprint density at radius 2 is 0.980 bits per heavy atom. The van der Waals surface area contributed by atoms with Crippen molar-refractivity contribution >= 4 is 42.0 Å². The smallest absolute Gasteiger partial charge is 0.317 e. The summed E-state index contributed by atoms with van der Waals surface area (Å²) in [5.74, 6) is -3.31. The number of unbranched alkanes of at least 4 members (excludes halogenated alkanes) is 2. The molecule has 0 aromatic carbocycles. The summed E-state index contributed by atoms with van der Waals surface area (Å²) in [6.07, 6.45) is 2.92. The molecule has 49 heavy (non-hydrogen) atoms. The van der Waals surface area contributed by atoms with E-state index >= 15 is 0 Å². The number of carbonyl (C=O) groups excluding carboxylic acids is 4. The lowest BCUT2D eigenvalue weighted by molar-refractivity contribution is -0.143. The fourth-order valence-electron chi connectivity index (χ4n) is 4.85. The number of aliphatic carboxylic acids is 2. The summed E-state index contributed by atoms with van der Waals surface area (Å²) in [6.45, 7) is 8.07. The summed E-state index contributed by atoms with van der Waals surface area (Å²) in [5.41, 5.74) is 0. The van der Waals surface area contributed by atoms with Gasteiger partial charge in [0, 0.05) is 80.0 Å². The molecule has 0 aromatic heterocycles. The molecule has 282 valence electrons. The summed E-state index contributed by atoms with van der Waals surface area (Å²) >= 11 is 0. The van der Waals surface area contributed by atoms with Gasteiger partial charge in [0.1, 0.15) is 0 Å². The highest BCUT2D eigenvalue weighted by Gasteiger charge is 2.23. The molecule has 0 atom stereocenters. The Hall–Kier alpha value is -3.87. The minimum atomic E-state index is -0.991. The molecule has 0 bridgehead atoms. The van der Waals surface area contributed by atoms with Crippen LogP contribution in [0, 0.1) is 0 Å². The largest absolute Gasteiger partial charge is 0.483 e. The third kappa shape index (κ3) is 21.7. The van der Waals surface area contributed by atoms with Gasteiger partial charge in [-0.15, -0.1) is 0 Å². The first-order chi connectivity index (χ1) is 23.2. The number of carboxylic acid groups (broad SMARTS) is 3. The molecule has 1 heterocycles. The zero-order valence-corrected chi connectivity index (χ0v) is 29.8. The molecule has 0 saturated carbocycles. The van der Waals surface area contributed by atoms with Gasteiger partial charge in [-0.1, -0.05) is 26.7 Å². The van der Waals surface area contributed by atoms with Crippen LogP contribution in [0.2, 0.25) is 0 Å². The second-order valence-electron chi connectivity index (χ2n) is 12.0. The van der Waals surface area contributed by atoms with Crippen LogP contribution >= 0.6 is 0 Å². The van der Waals surface area contributed by atoms with Crippen molar-refractivity contribution in [1.29, 1.82) is 0 Å². The molecule has 4 amide bonds. The van der Waals surface area contributed by atoms with Crippen LogP contribution in [-0.4, -0.2) is 218 Å². The quantitative estimate of drug-likeness (QED) is 0.0934. The van der Waals surface area contributed by atoms with E-state index in [2.05, 4.69) is 17.1 Å². The molecule has 1 aliphatic rings. The minimum Gasteiger partial charge on any atom is -0.483 e. The highest BCUT2D eigenvalue weighted by molar-refractivity contribution is 5.90. The van der Waals surface area contributed by atoms with Gasteiger partial charge in [0.2, 0.25) is 23.6 Å². The maximum atomic E-state index is 13.2. The van der Waals surface area contributed by atoms with E-state index in [0.717, 1.165) is 25.8 Å². The summed E-state index contributed by atoms with van der Waals surface area (Å²) in [7, 11) is 4.50. The lowest BCUT2D eigenvalue weighted by Crippen LogP contribution is -2.50. The summed E-state index contributed by atoms with van der Waals surface area (Å²) < 4.78 is 0. The first-order valence-corrected chi connectivity index (χ1v) is 16.6. The van der Waals surface area contributed by atoms with Gasteiger partial charge in [0.15, 0.2) is 0 Å². The van der Waals surface area contributed by atoms with Gasteiger partial charge in [-0.25, -0.2) is 0 Å². The molecular weight excluding hydrogens is 644 g/mol. The van der Waals surface area contributed by atoms with E-state index in [-0.39, 0.29) is 57.6 Å². The van der Waals surface area contributed by atoms with Gasteiger partial charge in [0.25, 0.3) is 6.47 Å². The Labute approximate surface area is 289 Å². The fourth-order valence-corrected chi connectivity index (χ4v) is 4.85. The molecule has 0 radical (unpaired) electrons.